The van der Waals surface area contributed by atoms with Gasteiger partial charge in [-0.25, -0.2) is 0 Å². The fourth-order valence-electron chi connectivity index (χ4n) is 0.401. The molecule has 0 aliphatic carbocycles. The van der Waals surface area contributed by atoms with E-state index < -0.39 is 10.8 Å². The first-order valence-corrected chi connectivity index (χ1v) is 5.04. The van der Waals surface area contributed by atoms with Crippen molar-refractivity contribution < 1.29 is 4.21 Å². The quantitative estimate of drug-likeness (QED) is 0.594. The molecule has 8 heavy (non-hydrogen) atoms. The summed E-state index contributed by atoms with van der Waals surface area (Å²) in [5.74, 6) is 0. The van der Waals surface area contributed by atoms with E-state index in [4.69, 9.17) is 0 Å². The molecular weight excluding hydrogens is 140 g/mol. The zero-order valence-electron chi connectivity index (χ0n) is 5.30. The van der Waals surface area contributed by atoms with E-state index in [0.717, 1.165) is 4.24 Å². The molecule has 1 nitrogen and oxygen atoms in total. The normalized spacial score (nSPS) is 16.1. The number of thioether (sulfide) groups is 1. The maximum atomic E-state index is 10.6. The summed E-state index contributed by atoms with van der Waals surface area (Å²) in [4.78, 5) is 0. The van der Waals surface area contributed by atoms with Crippen LogP contribution >= 0.6 is 11.8 Å². The van der Waals surface area contributed by atoms with Crippen LogP contribution in [0.3, 0.4) is 0 Å². The second-order valence-electron chi connectivity index (χ2n) is 1.27. The second-order valence-corrected chi connectivity index (χ2v) is 3.72. The van der Waals surface area contributed by atoms with Crippen molar-refractivity contribution in [3.63, 3.8) is 0 Å². The SMILES string of the molecule is C/C=C(/SC)S(C)=O. The summed E-state index contributed by atoms with van der Waals surface area (Å²) >= 11 is 1.54. The van der Waals surface area contributed by atoms with Crippen LogP contribution in [0.25, 0.3) is 0 Å². The van der Waals surface area contributed by atoms with E-state index in [9.17, 15) is 4.21 Å². The van der Waals surface area contributed by atoms with Crippen molar-refractivity contribution in [3.8, 4) is 0 Å². The van der Waals surface area contributed by atoms with Crippen LogP contribution in [0.15, 0.2) is 10.3 Å². The summed E-state index contributed by atoms with van der Waals surface area (Å²) < 4.78 is 11.6. The maximum Gasteiger partial charge on any atom is 0.0667 e. The molecule has 0 rings (SSSR count). The van der Waals surface area contributed by atoms with Crippen LogP contribution in [0.4, 0.5) is 0 Å². The fraction of sp³-hybridized carbons (Fsp3) is 0.600. The Morgan fingerprint density at radius 3 is 2.25 bits per heavy atom. The zero-order valence-corrected chi connectivity index (χ0v) is 6.94. The molecule has 0 amide bonds. The molecule has 1 atom stereocenters. The molecule has 1 unspecified atom stereocenters. The highest BCUT2D eigenvalue weighted by Gasteiger charge is 1.94. The summed E-state index contributed by atoms with van der Waals surface area (Å²) in [7, 11) is -0.779. The first-order valence-electron chi connectivity index (χ1n) is 2.26. The molecule has 0 N–H and O–H groups in total. The van der Waals surface area contributed by atoms with Gasteiger partial charge in [-0.15, -0.1) is 11.8 Å². The van der Waals surface area contributed by atoms with Crippen molar-refractivity contribution in [1.29, 1.82) is 0 Å². The van der Waals surface area contributed by atoms with Gasteiger partial charge in [-0.2, -0.15) is 0 Å². The van der Waals surface area contributed by atoms with E-state index in [1.807, 2.05) is 19.3 Å². The molecule has 3 heteroatoms. The molecule has 0 aliphatic rings. The van der Waals surface area contributed by atoms with Crippen molar-refractivity contribution in [3.05, 3.63) is 10.3 Å². The lowest BCUT2D eigenvalue weighted by atomic mass is 10.8. The first-order chi connectivity index (χ1) is 3.72. The maximum absolute atomic E-state index is 10.6. The summed E-state index contributed by atoms with van der Waals surface area (Å²) in [6.07, 6.45) is 5.49. The molecule has 0 aromatic rings. The third-order valence-electron chi connectivity index (χ3n) is 0.720. The number of hydrogen-bond acceptors (Lipinski definition) is 2. The van der Waals surface area contributed by atoms with Gasteiger partial charge in [0, 0.05) is 6.26 Å². The van der Waals surface area contributed by atoms with Crippen LogP contribution in [0, 0.1) is 0 Å². The molecule has 0 heterocycles. The first kappa shape index (κ1) is 8.24. The average Bonchev–Trinajstić information content (AvgIpc) is 1.69. The van der Waals surface area contributed by atoms with Crippen LogP contribution in [0.1, 0.15) is 6.92 Å². The van der Waals surface area contributed by atoms with Crippen LogP contribution in [-0.2, 0) is 10.8 Å². The Kier molecular flexibility index (Phi) is 4.28. The Bertz CT molecular complexity index is 118. The van der Waals surface area contributed by atoms with Crippen LogP contribution in [-0.4, -0.2) is 16.7 Å². The van der Waals surface area contributed by atoms with Crippen molar-refractivity contribution in [2.75, 3.05) is 12.5 Å². The van der Waals surface area contributed by atoms with E-state index >= 15 is 0 Å². The largest absolute Gasteiger partial charge is 0.254 e. The Morgan fingerprint density at radius 1 is 1.75 bits per heavy atom. The Hall–Kier alpha value is 0.240. The highest BCUT2D eigenvalue weighted by Crippen LogP contribution is 2.13. The lowest BCUT2D eigenvalue weighted by Gasteiger charge is -1.93. The summed E-state index contributed by atoms with van der Waals surface area (Å²) in [5, 5.41) is 0. The lowest BCUT2D eigenvalue weighted by molar-refractivity contribution is 0.691. The Labute approximate surface area is 57.0 Å². The smallest absolute Gasteiger partial charge is 0.0667 e. The Balaban J connectivity index is 3.92. The number of rotatable bonds is 2. The molecule has 0 aliphatic heterocycles. The average molecular weight is 150 g/mol. The van der Waals surface area contributed by atoms with Gasteiger partial charge in [0.05, 0.1) is 15.0 Å². The zero-order chi connectivity index (χ0) is 6.57. The third kappa shape index (κ3) is 2.52. The number of hydrogen-bond donors (Lipinski definition) is 0. The van der Waals surface area contributed by atoms with Crippen molar-refractivity contribution >= 4 is 22.6 Å². The summed E-state index contributed by atoms with van der Waals surface area (Å²) in [5.41, 5.74) is 0. The fourth-order valence-corrected chi connectivity index (χ4v) is 1.91. The van der Waals surface area contributed by atoms with Crippen molar-refractivity contribution in [1.82, 2.24) is 0 Å². The molecule has 0 saturated carbocycles. The topological polar surface area (TPSA) is 17.1 Å². The third-order valence-corrected chi connectivity index (χ3v) is 3.36. The summed E-state index contributed by atoms with van der Waals surface area (Å²) in [6, 6.07) is 0. The van der Waals surface area contributed by atoms with E-state index in [0.29, 0.717) is 0 Å². The van der Waals surface area contributed by atoms with Gasteiger partial charge < -0.3 is 0 Å². The molecule has 0 radical (unpaired) electrons. The molecule has 0 spiro atoms. The van der Waals surface area contributed by atoms with E-state index in [1.165, 1.54) is 11.8 Å². The molecule has 0 aromatic carbocycles. The van der Waals surface area contributed by atoms with Crippen molar-refractivity contribution in [2.24, 2.45) is 0 Å². The molecule has 0 fully saturated rings. The van der Waals surface area contributed by atoms with Crippen molar-refractivity contribution in [2.45, 2.75) is 6.92 Å². The minimum absolute atomic E-state index is 0.779. The minimum Gasteiger partial charge on any atom is -0.254 e. The molecule has 0 saturated heterocycles. The summed E-state index contributed by atoms with van der Waals surface area (Å²) in [6.45, 7) is 1.90. The van der Waals surface area contributed by atoms with Gasteiger partial charge in [-0.05, 0) is 13.2 Å². The van der Waals surface area contributed by atoms with Gasteiger partial charge in [0.15, 0.2) is 0 Å². The van der Waals surface area contributed by atoms with Gasteiger partial charge in [-0.1, -0.05) is 6.08 Å². The van der Waals surface area contributed by atoms with E-state index in [2.05, 4.69) is 0 Å². The van der Waals surface area contributed by atoms with Crippen LogP contribution in [0.2, 0.25) is 0 Å². The van der Waals surface area contributed by atoms with Gasteiger partial charge in [0.1, 0.15) is 0 Å². The highest BCUT2D eigenvalue weighted by atomic mass is 32.2. The van der Waals surface area contributed by atoms with Gasteiger partial charge >= 0.3 is 0 Å². The molecular formula is C5H10OS2. The minimum atomic E-state index is -0.779. The monoisotopic (exact) mass is 150 g/mol. The predicted molar refractivity (Wildman–Crippen MR) is 41.3 cm³/mol. The highest BCUT2D eigenvalue weighted by molar-refractivity contribution is 8.15. The standard InChI is InChI=1S/C5H10OS2/c1-4-5(7-2)8(3)6/h4H,1-3H3/b5-4-. The Morgan fingerprint density at radius 2 is 2.25 bits per heavy atom. The molecule has 0 bridgehead atoms. The molecule has 48 valence electrons. The molecule has 0 aromatic heterocycles. The van der Waals surface area contributed by atoms with E-state index in [-0.39, 0.29) is 0 Å². The van der Waals surface area contributed by atoms with E-state index in [1.54, 1.807) is 6.26 Å². The number of allylic oxidation sites excluding steroid dienone is 1. The lowest BCUT2D eigenvalue weighted by Crippen LogP contribution is -1.84. The second kappa shape index (κ2) is 4.15. The van der Waals surface area contributed by atoms with Crippen LogP contribution < -0.4 is 0 Å². The van der Waals surface area contributed by atoms with Gasteiger partial charge in [0.2, 0.25) is 0 Å². The van der Waals surface area contributed by atoms with Gasteiger partial charge in [-0.3, -0.25) is 4.21 Å². The van der Waals surface area contributed by atoms with Crippen LogP contribution in [0.5, 0.6) is 0 Å². The predicted octanol–water partition coefficient (Wildman–Crippen LogP) is 1.59. The van der Waals surface area contributed by atoms with Gasteiger partial charge in [0.25, 0.3) is 0 Å².